The van der Waals surface area contributed by atoms with Crippen molar-refractivity contribution in [1.82, 2.24) is 9.47 Å². The minimum atomic E-state index is 0.299. The van der Waals surface area contributed by atoms with E-state index < -0.39 is 0 Å². The lowest BCUT2D eigenvalue weighted by molar-refractivity contribution is -0.132. The molecule has 0 saturated carbocycles. The van der Waals surface area contributed by atoms with Crippen LogP contribution in [0.1, 0.15) is 42.3 Å². The van der Waals surface area contributed by atoms with Crippen molar-refractivity contribution < 1.29 is 4.79 Å². The number of rotatable bonds is 4. The molecule has 3 rings (SSSR count). The van der Waals surface area contributed by atoms with Gasteiger partial charge in [-0.1, -0.05) is 30.3 Å². The number of aryl methyl sites for hydroxylation is 3. The highest BCUT2D eigenvalue weighted by atomic mass is 16.2. The van der Waals surface area contributed by atoms with E-state index >= 15 is 0 Å². The third kappa shape index (κ3) is 3.66. The Bertz CT molecular complexity index is 632. The number of amides is 1. The molecule has 0 bridgehead atoms. The van der Waals surface area contributed by atoms with Crippen molar-refractivity contribution in [3.8, 4) is 0 Å². The van der Waals surface area contributed by atoms with Gasteiger partial charge in [0.2, 0.25) is 5.91 Å². The summed E-state index contributed by atoms with van der Waals surface area (Å²) in [5.41, 5.74) is 3.90. The van der Waals surface area contributed by atoms with Crippen LogP contribution in [-0.2, 0) is 11.2 Å². The van der Waals surface area contributed by atoms with Gasteiger partial charge >= 0.3 is 0 Å². The van der Waals surface area contributed by atoms with E-state index in [-0.39, 0.29) is 0 Å². The van der Waals surface area contributed by atoms with Crippen molar-refractivity contribution in [1.29, 1.82) is 0 Å². The molecule has 0 atom stereocenters. The van der Waals surface area contributed by atoms with Crippen molar-refractivity contribution in [2.45, 2.75) is 45.6 Å². The average Bonchev–Trinajstić information content (AvgIpc) is 2.92. The minimum absolute atomic E-state index is 0.299. The first kappa shape index (κ1) is 15.9. The third-order valence-corrected chi connectivity index (χ3v) is 4.98. The Kier molecular flexibility index (Phi) is 4.85. The fourth-order valence-corrected chi connectivity index (χ4v) is 3.68. The van der Waals surface area contributed by atoms with Crippen molar-refractivity contribution in [2.75, 3.05) is 13.1 Å². The molecular formula is C20H26N2O. The van der Waals surface area contributed by atoms with Crippen LogP contribution in [0.15, 0.2) is 42.5 Å². The van der Waals surface area contributed by atoms with Gasteiger partial charge in [0, 0.05) is 36.9 Å². The molecule has 1 saturated heterocycles. The van der Waals surface area contributed by atoms with E-state index in [9.17, 15) is 4.79 Å². The number of likely N-dealkylation sites (tertiary alicyclic amines) is 1. The van der Waals surface area contributed by atoms with E-state index in [4.69, 9.17) is 0 Å². The lowest BCUT2D eigenvalue weighted by Crippen LogP contribution is -2.39. The summed E-state index contributed by atoms with van der Waals surface area (Å²) in [6.07, 6.45) is 3.59. The van der Waals surface area contributed by atoms with Crippen molar-refractivity contribution >= 4 is 5.91 Å². The summed E-state index contributed by atoms with van der Waals surface area (Å²) in [5.74, 6) is 0.299. The summed E-state index contributed by atoms with van der Waals surface area (Å²) in [6.45, 7) is 6.11. The van der Waals surface area contributed by atoms with Gasteiger partial charge < -0.3 is 9.47 Å². The molecule has 1 aromatic carbocycles. The van der Waals surface area contributed by atoms with Gasteiger partial charge in [0.1, 0.15) is 0 Å². The molecule has 2 aromatic rings. The summed E-state index contributed by atoms with van der Waals surface area (Å²) in [4.78, 5) is 14.5. The Balaban J connectivity index is 1.51. The highest BCUT2D eigenvalue weighted by Crippen LogP contribution is 2.26. The molecule has 122 valence electrons. The molecule has 1 aliphatic heterocycles. The SMILES string of the molecule is Cc1ccc(C)n1C1CCN(C(=O)CCc2ccccc2)CC1. The third-order valence-electron chi connectivity index (χ3n) is 4.98. The first-order valence-electron chi connectivity index (χ1n) is 8.61. The maximum absolute atomic E-state index is 12.4. The monoisotopic (exact) mass is 310 g/mol. The van der Waals surface area contributed by atoms with Gasteiger partial charge in [0.15, 0.2) is 0 Å². The van der Waals surface area contributed by atoms with Crippen LogP contribution in [-0.4, -0.2) is 28.5 Å². The van der Waals surface area contributed by atoms with E-state index in [1.54, 1.807) is 0 Å². The van der Waals surface area contributed by atoms with Crippen LogP contribution in [0.25, 0.3) is 0 Å². The predicted molar refractivity (Wildman–Crippen MR) is 93.5 cm³/mol. The van der Waals surface area contributed by atoms with Crippen LogP contribution in [0, 0.1) is 13.8 Å². The smallest absolute Gasteiger partial charge is 0.222 e. The van der Waals surface area contributed by atoms with E-state index in [0.717, 1.165) is 32.4 Å². The van der Waals surface area contributed by atoms with Crippen LogP contribution in [0.3, 0.4) is 0 Å². The number of carbonyl (C=O) groups is 1. The second kappa shape index (κ2) is 7.03. The van der Waals surface area contributed by atoms with Gasteiger partial charge in [-0.3, -0.25) is 4.79 Å². The molecule has 0 unspecified atom stereocenters. The minimum Gasteiger partial charge on any atom is -0.346 e. The maximum atomic E-state index is 12.4. The molecule has 0 N–H and O–H groups in total. The van der Waals surface area contributed by atoms with Gasteiger partial charge in [0.05, 0.1) is 0 Å². The molecule has 23 heavy (non-hydrogen) atoms. The Labute approximate surface area is 138 Å². The number of piperidine rings is 1. The summed E-state index contributed by atoms with van der Waals surface area (Å²) in [6, 6.07) is 15.2. The van der Waals surface area contributed by atoms with E-state index in [2.05, 4.69) is 42.7 Å². The number of benzene rings is 1. The Hall–Kier alpha value is -2.03. The predicted octanol–water partition coefficient (Wildman–Crippen LogP) is 3.90. The lowest BCUT2D eigenvalue weighted by Gasteiger charge is -2.34. The lowest BCUT2D eigenvalue weighted by atomic mass is 10.0. The summed E-state index contributed by atoms with van der Waals surface area (Å²) >= 11 is 0. The van der Waals surface area contributed by atoms with Crippen molar-refractivity contribution in [3.63, 3.8) is 0 Å². The molecule has 3 nitrogen and oxygen atoms in total. The highest BCUT2D eigenvalue weighted by Gasteiger charge is 2.24. The highest BCUT2D eigenvalue weighted by molar-refractivity contribution is 5.76. The normalized spacial score (nSPS) is 15.8. The molecule has 1 aliphatic rings. The number of nitrogens with zero attached hydrogens (tertiary/aromatic N) is 2. The number of hydrogen-bond acceptors (Lipinski definition) is 1. The van der Waals surface area contributed by atoms with Crippen LogP contribution >= 0.6 is 0 Å². The standard InChI is InChI=1S/C20H26N2O/c1-16-8-9-17(2)22(16)19-12-14-21(15-13-19)20(23)11-10-18-6-4-3-5-7-18/h3-9,19H,10-15H2,1-2H3. The summed E-state index contributed by atoms with van der Waals surface area (Å²) in [5, 5.41) is 0. The largest absolute Gasteiger partial charge is 0.346 e. The Morgan fingerprint density at radius 3 is 2.22 bits per heavy atom. The molecule has 0 aliphatic carbocycles. The van der Waals surface area contributed by atoms with Crippen LogP contribution in [0.2, 0.25) is 0 Å². The summed E-state index contributed by atoms with van der Waals surface area (Å²) in [7, 11) is 0. The van der Waals surface area contributed by atoms with Gasteiger partial charge in [-0.05, 0) is 50.8 Å². The van der Waals surface area contributed by atoms with Gasteiger partial charge in [-0.2, -0.15) is 0 Å². The van der Waals surface area contributed by atoms with E-state index in [1.165, 1.54) is 17.0 Å². The molecule has 1 aromatic heterocycles. The fourth-order valence-electron chi connectivity index (χ4n) is 3.68. The molecule has 0 spiro atoms. The maximum Gasteiger partial charge on any atom is 0.222 e. The zero-order valence-corrected chi connectivity index (χ0v) is 14.2. The van der Waals surface area contributed by atoms with Crippen LogP contribution in [0.4, 0.5) is 0 Å². The molecule has 1 amide bonds. The molecule has 2 heterocycles. The number of carbonyl (C=O) groups excluding carboxylic acids is 1. The van der Waals surface area contributed by atoms with E-state index in [0.29, 0.717) is 18.4 Å². The van der Waals surface area contributed by atoms with Crippen LogP contribution in [0.5, 0.6) is 0 Å². The average molecular weight is 310 g/mol. The van der Waals surface area contributed by atoms with Gasteiger partial charge in [-0.15, -0.1) is 0 Å². The summed E-state index contributed by atoms with van der Waals surface area (Å²) < 4.78 is 2.44. The van der Waals surface area contributed by atoms with Crippen LogP contribution < -0.4 is 0 Å². The first-order chi connectivity index (χ1) is 11.1. The molecule has 1 fully saturated rings. The van der Waals surface area contributed by atoms with Crippen molar-refractivity contribution in [2.24, 2.45) is 0 Å². The van der Waals surface area contributed by atoms with E-state index in [1.807, 2.05) is 23.1 Å². The molecule has 0 radical (unpaired) electrons. The second-order valence-corrected chi connectivity index (χ2v) is 6.58. The fraction of sp³-hybridized carbons (Fsp3) is 0.450. The van der Waals surface area contributed by atoms with Gasteiger partial charge in [0.25, 0.3) is 0 Å². The van der Waals surface area contributed by atoms with Crippen molar-refractivity contribution in [3.05, 3.63) is 59.4 Å². The Morgan fingerprint density at radius 2 is 1.61 bits per heavy atom. The van der Waals surface area contributed by atoms with Gasteiger partial charge in [-0.25, -0.2) is 0 Å². The topological polar surface area (TPSA) is 25.2 Å². The number of aromatic nitrogens is 1. The zero-order chi connectivity index (χ0) is 16.2. The zero-order valence-electron chi connectivity index (χ0n) is 14.2. The quantitative estimate of drug-likeness (QED) is 0.841. The molecule has 3 heteroatoms. The second-order valence-electron chi connectivity index (χ2n) is 6.58. The number of hydrogen-bond donors (Lipinski definition) is 0. The Morgan fingerprint density at radius 1 is 1.00 bits per heavy atom. The first-order valence-corrected chi connectivity index (χ1v) is 8.61. The molecular weight excluding hydrogens is 284 g/mol.